The summed E-state index contributed by atoms with van der Waals surface area (Å²) >= 11 is 0. The summed E-state index contributed by atoms with van der Waals surface area (Å²) in [5.74, 6) is 1.45. The van der Waals surface area contributed by atoms with E-state index in [-0.39, 0.29) is 12.7 Å². The molecular weight excluding hydrogens is 354 g/mol. The van der Waals surface area contributed by atoms with Gasteiger partial charge in [-0.1, -0.05) is 43.3 Å². The maximum absolute atomic E-state index is 12.7. The van der Waals surface area contributed by atoms with E-state index < -0.39 is 0 Å². The Morgan fingerprint density at radius 2 is 1.93 bits per heavy atom. The van der Waals surface area contributed by atoms with Crippen molar-refractivity contribution in [3.8, 4) is 11.5 Å². The van der Waals surface area contributed by atoms with Gasteiger partial charge >= 0.3 is 0 Å². The first kappa shape index (κ1) is 18.1. The van der Waals surface area contributed by atoms with Gasteiger partial charge in [-0.25, -0.2) is 0 Å². The van der Waals surface area contributed by atoms with Gasteiger partial charge in [-0.15, -0.1) is 0 Å². The van der Waals surface area contributed by atoms with Crippen LogP contribution in [0.15, 0.2) is 54.7 Å². The van der Waals surface area contributed by atoms with Gasteiger partial charge in [0.25, 0.3) is 5.91 Å². The van der Waals surface area contributed by atoms with Crippen LogP contribution >= 0.6 is 0 Å². The van der Waals surface area contributed by atoms with Crippen LogP contribution in [0.2, 0.25) is 0 Å². The van der Waals surface area contributed by atoms with Gasteiger partial charge in [0, 0.05) is 6.54 Å². The van der Waals surface area contributed by atoms with Crippen molar-refractivity contribution in [1.82, 2.24) is 15.1 Å². The number of carbonyl (C=O) groups is 1. The van der Waals surface area contributed by atoms with E-state index in [9.17, 15) is 4.79 Å². The van der Waals surface area contributed by atoms with E-state index in [2.05, 4.69) is 22.5 Å². The smallest absolute Gasteiger partial charge is 0.254 e. The molecule has 0 bridgehead atoms. The molecule has 0 fully saturated rings. The average molecular weight is 377 g/mol. The van der Waals surface area contributed by atoms with Gasteiger partial charge in [0.05, 0.1) is 24.0 Å². The van der Waals surface area contributed by atoms with E-state index in [0.717, 1.165) is 41.2 Å². The number of carbonyl (C=O) groups excluding carboxylic acids is 1. The molecule has 0 unspecified atom stereocenters. The van der Waals surface area contributed by atoms with Crippen molar-refractivity contribution < 1.29 is 14.3 Å². The van der Waals surface area contributed by atoms with E-state index in [1.165, 1.54) is 0 Å². The Morgan fingerprint density at radius 3 is 2.75 bits per heavy atom. The molecular formula is C22H23N3O3. The zero-order valence-electron chi connectivity index (χ0n) is 15.9. The molecule has 4 rings (SSSR count). The second kappa shape index (κ2) is 8.17. The molecule has 6 heteroatoms. The van der Waals surface area contributed by atoms with Crippen LogP contribution in [0.1, 0.15) is 34.1 Å². The van der Waals surface area contributed by atoms with E-state index in [1.54, 1.807) is 6.20 Å². The molecule has 3 aromatic rings. The fourth-order valence-electron chi connectivity index (χ4n) is 3.38. The maximum Gasteiger partial charge on any atom is 0.254 e. The third kappa shape index (κ3) is 3.86. The first-order valence-corrected chi connectivity index (χ1v) is 9.50. The second-order valence-electron chi connectivity index (χ2n) is 6.70. The minimum absolute atomic E-state index is 0.0862. The normalized spacial score (nSPS) is 12.2. The van der Waals surface area contributed by atoms with Crippen LogP contribution in [0.25, 0.3) is 0 Å². The van der Waals surface area contributed by atoms with Crippen LogP contribution in [-0.4, -0.2) is 29.0 Å². The molecule has 0 spiro atoms. The summed E-state index contributed by atoms with van der Waals surface area (Å²) < 4.78 is 12.6. The number of rotatable bonds is 7. The number of hydrogen-bond donors (Lipinski definition) is 1. The monoisotopic (exact) mass is 377 g/mol. The Balaban J connectivity index is 1.38. The fourth-order valence-corrected chi connectivity index (χ4v) is 3.38. The van der Waals surface area contributed by atoms with Crippen LogP contribution in [0.4, 0.5) is 0 Å². The first-order chi connectivity index (χ1) is 13.7. The van der Waals surface area contributed by atoms with Gasteiger partial charge in [0.1, 0.15) is 0 Å². The highest BCUT2D eigenvalue weighted by molar-refractivity contribution is 5.95. The highest BCUT2D eigenvalue weighted by Crippen LogP contribution is 2.32. The van der Waals surface area contributed by atoms with Crippen LogP contribution in [-0.2, 0) is 19.4 Å². The maximum atomic E-state index is 12.7. The van der Waals surface area contributed by atoms with Gasteiger partial charge in [-0.3, -0.25) is 9.48 Å². The quantitative estimate of drug-likeness (QED) is 0.687. The first-order valence-electron chi connectivity index (χ1n) is 9.50. The lowest BCUT2D eigenvalue weighted by atomic mass is 10.1. The summed E-state index contributed by atoms with van der Waals surface area (Å²) in [6.45, 7) is 3.52. The van der Waals surface area contributed by atoms with Crippen molar-refractivity contribution in [2.75, 3.05) is 13.3 Å². The highest BCUT2D eigenvalue weighted by atomic mass is 16.7. The molecule has 0 atom stereocenters. The molecule has 0 radical (unpaired) electrons. The Bertz CT molecular complexity index is 966. The molecule has 144 valence electrons. The van der Waals surface area contributed by atoms with Crippen LogP contribution in [0, 0.1) is 0 Å². The van der Waals surface area contributed by atoms with Gasteiger partial charge in [-0.05, 0) is 36.1 Å². The third-order valence-corrected chi connectivity index (χ3v) is 4.84. The van der Waals surface area contributed by atoms with Gasteiger partial charge in [-0.2, -0.15) is 5.10 Å². The topological polar surface area (TPSA) is 65.4 Å². The number of fused-ring (bicyclic) bond motifs is 1. The number of nitrogens with one attached hydrogen (secondary N) is 1. The van der Waals surface area contributed by atoms with Gasteiger partial charge in [0.2, 0.25) is 6.79 Å². The number of ether oxygens (including phenoxy) is 2. The number of benzene rings is 2. The van der Waals surface area contributed by atoms with E-state index >= 15 is 0 Å². The zero-order valence-corrected chi connectivity index (χ0v) is 15.9. The number of amides is 1. The summed E-state index contributed by atoms with van der Waals surface area (Å²) in [6.07, 6.45) is 3.14. The van der Waals surface area contributed by atoms with Crippen molar-refractivity contribution in [2.24, 2.45) is 0 Å². The van der Waals surface area contributed by atoms with Crippen molar-refractivity contribution in [3.63, 3.8) is 0 Å². The summed E-state index contributed by atoms with van der Waals surface area (Å²) in [5, 5.41) is 7.44. The van der Waals surface area contributed by atoms with Crippen LogP contribution < -0.4 is 14.8 Å². The molecule has 2 heterocycles. The molecule has 0 saturated heterocycles. The molecule has 0 aliphatic carbocycles. The predicted octanol–water partition coefficient (Wildman–Crippen LogP) is 3.20. The molecule has 6 nitrogen and oxygen atoms in total. The van der Waals surface area contributed by atoms with Crippen molar-refractivity contribution in [2.45, 2.75) is 26.3 Å². The molecule has 1 aliphatic rings. The summed E-state index contributed by atoms with van der Waals surface area (Å²) in [5.41, 5.74) is 3.85. The fraction of sp³-hybridized carbons (Fsp3) is 0.273. The van der Waals surface area contributed by atoms with Crippen molar-refractivity contribution in [1.29, 1.82) is 0 Å². The Hall–Kier alpha value is -3.28. The van der Waals surface area contributed by atoms with Crippen molar-refractivity contribution >= 4 is 5.91 Å². The minimum Gasteiger partial charge on any atom is -0.454 e. The molecule has 1 amide bonds. The SMILES string of the molecule is CCc1c(C(=O)NCCc2ccc3c(c2)OCO3)cnn1Cc1ccccc1. The molecule has 1 aromatic heterocycles. The van der Waals surface area contributed by atoms with Crippen molar-refractivity contribution in [3.05, 3.63) is 77.1 Å². The number of hydrogen-bond acceptors (Lipinski definition) is 4. The molecule has 28 heavy (non-hydrogen) atoms. The van der Waals surface area contributed by atoms with Crippen LogP contribution in [0.5, 0.6) is 11.5 Å². The zero-order chi connectivity index (χ0) is 19.3. The lowest BCUT2D eigenvalue weighted by molar-refractivity contribution is 0.0953. The van der Waals surface area contributed by atoms with Gasteiger partial charge < -0.3 is 14.8 Å². The second-order valence-corrected chi connectivity index (χ2v) is 6.70. The lowest BCUT2D eigenvalue weighted by Crippen LogP contribution is -2.26. The summed E-state index contributed by atoms with van der Waals surface area (Å²) in [4.78, 5) is 12.7. The molecule has 0 saturated carbocycles. The van der Waals surface area contributed by atoms with E-state index in [1.807, 2.05) is 48.0 Å². The minimum atomic E-state index is -0.0862. The summed E-state index contributed by atoms with van der Waals surface area (Å²) in [7, 11) is 0. The lowest BCUT2D eigenvalue weighted by Gasteiger charge is -2.09. The number of nitrogens with zero attached hydrogens (tertiary/aromatic N) is 2. The molecule has 1 N–H and O–H groups in total. The number of aromatic nitrogens is 2. The highest BCUT2D eigenvalue weighted by Gasteiger charge is 2.17. The van der Waals surface area contributed by atoms with E-state index in [4.69, 9.17) is 9.47 Å². The summed E-state index contributed by atoms with van der Waals surface area (Å²) in [6, 6.07) is 16.0. The average Bonchev–Trinajstić information content (AvgIpc) is 3.35. The molecule has 2 aromatic carbocycles. The van der Waals surface area contributed by atoms with Crippen LogP contribution in [0.3, 0.4) is 0 Å². The Labute approximate surface area is 164 Å². The standard InChI is InChI=1S/C22H23N3O3/c1-2-19-18(13-24-25(19)14-17-6-4-3-5-7-17)22(26)23-11-10-16-8-9-20-21(12-16)28-15-27-20/h3-9,12-13H,2,10-11,14-15H2,1H3,(H,23,26). The Morgan fingerprint density at radius 1 is 1.11 bits per heavy atom. The largest absolute Gasteiger partial charge is 0.454 e. The van der Waals surface area contributed by atoms with E-state index in [0.29, 0.717) is 18.7 Å². The predicted molar refractivity (Wildman–Crippen MR) is 106 cm³/mol. The third-order valence-electron chi connectivity index (χ3n) is 4.84. The molecule has 1 aliphatic heterocycles. The van der Waals surface area contributed by atoms with Gasteiger partial charge in [0.15, 0.2) is 11.5 Å². The Kier molecular flexibility index (Phi) is 5.28.